The highest BCUT2D eigenvalue weighted by molar-refractivity contribution is 5.85. The number of allylic oxidation sites excluding steroid dienone is 2. The van der Waals surface area contributed by atoms with Crippen molar-refractivity contribution in [2.24, 2.45) is 0 Å². The van der Waals surface area contributed by atoms with Crippen LogP contribution in [0.25, 0.3) is 0 Å². The Morgan fingerprint density at radius 1 is 1.08 bits per heavy atom. The molecular weight excluding hydrogens is 482 g/mol. The molecule has 0 spiro atoms. The molecule has 1 aromatic rings. The molecule has 36 heavy (non-hydrogen) atoms. The van der Waals surface area contributed by atoms with Gasteiger partial charge in [-0.3, -0.25) is 14.8 Å². The molecule has 9 heteroatoms. The molecule has 0 saturated carbocycles. The Morgan fingerprint density at radius 2 is 1.72 bits per heavy atom. The molecule has 0 aliphatic carbocycles. The van der Waals surface area contributed by atoms with Crippen LogP contribution in [-0.4, -0.2) is 45.5 Å². The van der Waals surface area contributed by atoms with Crippen LogP contribution >= 0.6 is 12.4 Å². The van der Waals surface area contributed by atoms with Crippen molar-refractivity contribution in [2.45, 2.75) is 121 Å². The van der Waals surface area contributed by atoms with E-state index in [1.165, 1.54) is 57.8 Å². The fraction of sp³-hybridized carbons (Fsp3) is 0.741. The van der Waals surface area contributed by atoms with Gasteiger partial charge in [0, 0.05) is 12.6 Å². The summed E-state index contributed by atoms with van der Waals surface area (Å²) in [6.45, 7) is 1.99. The number of halogens is 1. The predicted octanol–water partition coefficient (Wildman–Crippen LogP) is 5.38. The minimum Gasteiger partial charge on any atom is -0.455 e. The molecule has 1 fully saturated rings. The van der Waals surface area contributed by atoms with Crippen molar-refractivity contribution in [3.63, 3.8) is 0 Å². The van der Waals surface area contributed by atoms with Crippen molar-refractivity contribution in [1.29, 1.82) is 5.41 Å². The van der Waals surface area contributed by atoms with Gasteiger partial charge in [0.15, 0.2) is 23.9 Å². The number of carbonyl (C=O) groups is 1. The molecule has 0 radical (unpaired) electrons. The zero-order valence-corrected chi connectivity index (χ0v) is 22.4. The molecule has 0 bridgehead atoms. The van der Waals surface area contributed by atoms with Crippen LogP contribution in [-0.2, 0) is 14.3 Å². The van der Waals surface area contributed by atoms with E-state index in [0.29, 0.717) is 6.42 Å². The average Bonchev–Trinajstić information content (AvgIpc) is 3.36. The van der Waals surface area contributed by atoms with E-state index in [1.807, 2.05) is 0 Å². The lowest BCUT2D eigenvalue weighted by molar-refractivity contribution is -0.156. The standard InChI is InChI=1S/C27H43N3O5.ClH/c1-2-3-4-5-6-7-8-9-10-11-12-13-14-15-16-17-23(32)34-24-21(20-31)33-26-25(24)35-27-29-22(28)18-19-30(26)27;/h9-10,18-19,21,24-26,28,31H,2-8,11-17,20H2,1H3;1H/b10-9+,28-22?;/t21-,24-,25+,26-;/m1./s1. The van der Waals surface area contributed by atoms with Gasteiger partial charge in [0.2, 0.25) is 0 Å². The second kappa shape index (κ2) is 16.8. The van der Waals surface area contributed by atoms with Gasteiger partial charge in [0.1, 0.15) is 6.10 Å². The van der Waals surface area contributed by atoms with Gasteiger partial charge >= 0.3 is 12.0 Å². The molecule has 0 unspecified atom stereocenters. The van der Waals surface area contributed by atoms with Crippen LogP contribution in [0.15, 0.2) is 24.4 Å². The van der Waals surface area contributed by atoms with Crippen LogP contribution in [0.2, 0.25) is 0 Å². The summed E-state index contributed by atoms with van der Waals surface area (Å²) >= 11 is 0. The summed E-state index contributed by atoms with van der Waals surface area (Å²) in [5.41, 5.74) is 0.0904. The molecule has 3 rings (SSSR count). The van der Waals surface area contributed by atoms with Crippen LogP contribution in [0, 0.1) is 5.41 Å². The monoisotopic (exact) mass is 525 g/mol. The number of esters is 1. The van der Waals surface area contributed by atoms with Gasteiger partial charge in [0.25, 0.3) is 0 Å². The zero-order valence-electron chi connectivity index (χ0n) is 21.6. The minimum atomic E-state index is -0.698. The summed E-state index contributed by atoms with van der Waals surface area (Å²) in [4.78, 5) is 16.5. The van der Waals surface area contributed by atoms with Crippen molar-refractivity contribution in [2.75, 3.05) is 6.61 Å². The highest BCUT2D eigenvalue weighted by Gasteiger charge is 2.53. The third kappa shape index (κ3) is 9.20. The second-order valence-electron chi connectivity index (χ2n) is 9.62. The third-order valence-electron chi connectivity index (χ3n) is 6.72. The molecule has 1 saturated heterocycles. The lowest BCUT2D eigenvalue weighted by Gasteiger charge is -2.20. The summed E-state index contributed by atoms with van der Waals surface area (Å²) in [5, 5.41) is 17.3. The van der Waals surface area contributed by atoms with E-state index >= 15 is 0 Å². The maximum Gasteiger partial charge on any atom is 0.306 e. The van der Waals surface area contributed by atoms with Gasteiger partial charge < -0.3 is 19.3 Å². The average molecular weight is 526 g/mol. The highest BCUT2D eigenvalue weighted by Crippen LogP contribution is 2.40. The Balaban J connectivity index is 0.00000456. The van der Waals surface area contributed by atoms with E-state index in [1.54, 1.807) is 16.8 Å². The van der Waals surface area contributed by atoms with Crippen molar-refractivity contribution >= 4 is 18.4 Å². The number of hydrogen-bond acceptors (Lipinski definition) is 7. The molecule has 0 aromatic carbocycles. The summed E-state index contributed by atoms with van der Waals surface area (Å²) < 4.78 is 19.0. The molecule has 2 N–H and O–H groups in total. The van der Waals surface area contributed by atoms with Gasteiger partial charge in [-0.05, 0) is 38.2 Å². The fourth-order valence-corrected chi connectivity index (χ4v) is 4.71. The maximum absolute atomic E-state index is 12.4. The first kappa shape index (κ1) is 30.3. The molecular formula is C27H44ClN3O5. The van der Waals surface area contributed by atoms with Crippen molar-refractivity contribution < 1.29 is 24.1 Å². The molecule has 2 aliphatic rings. The Kier molecular flexibility index (Phi) is 14.1. The number of fused-ring (bicyclic) bond motifs is 3. The quantitative estimate of drug-likeness (QED) is 0.160. The summed E-state index contributed by atoms with van der Waals surface area (Å²) in [6.07, 6.45) is 20.0. The summed E-state index contributed by atoms with van der Waals surface area (Å²) in [5.74, 6) is -0.297. The number of aliphatic hydroxyl groups is 1. The van der Waals surface area contributed by atoms with Gasteiger partial charge in [-0.25, -0.2) is 0 Å². The minimum absolute atomic E-state index is 0. The summed E-state index contributed by atoms with van der Waals surface area (Å²) in [7, 11) is 0. The van der Waals surface area contributed by atoms with Crippen LogP contribution in [0.5, 0.6) is 6.01 Å². The van der Waals surface area contributed by atoms with Gasteiger partial charge in [-0.1, -0.05) is 70.4 Å². The largest absolute Gasteiger partial charge is 0.455 e. The SMILES string of the molecule is CCCCCCCC/C=C/CCCCCCCC(=O)O[C@H]1[C@@H]2Oc3nc(=N)ccn3[C@@H]2O[C@@H]1CO.Cl. The third-order valence-corrected chi connectivity index (χ3v) is 6.72. The maximum atomic E-state index is 12.4. The Hall–Kier alpha value is -1.90. The molecule has 1 aromatic heterocycles. The summed E-state index contributed by atoms with van der Waals surface area (Å²) in [6, 6.07) is 1.81. The number of unbranched alkanes of at least 4 members (excludes halogenated alkanes) is 11. The number of aromatic nitrogens is 2. The van der Waals surface area contributed by atoms with Gasteiger partial charge in [0.05, 0.1) is 6.61 Å². The predicted molar refractivity (Wildman–Crippen MR) is 140 cm³/mol. The first-order valence-electron chi connectivity index (χ1n) is 13.5. The van der Waals surface area contributed by atoms with E-state index in [4.69, 9.17) is 19.6 Å². The molecule has 8 nitrogen and oxygen atoms in total. The van der Waals surface area contributed by atoms with Gasteiger partial charge in [-0.15, -0.1) is 12.4 Å². The van der Waals surface area contributed by atoms with Crippen LogP contribution < -0.4 is 10.2 Å². The zero-order chi connectivity index (χ0) is 24.9. The van der Waals surface area contributed by atoms with Crippen molar-refractivity contribution in [3.05, 3.63) is 29.9 Å². The van der Waals surface area contributed by atoms with Crippen molar-refractivity contribution in [3.8, 4) is 6.01 Å². The molecule has 0 amide bonds. The van der Waals surface area contributed by atoms with Crippen LogP contribution in [0.4, 0.5) is 0 Å². The molecule has 3 heterocycles. The Labute approximate surface area is 221 Å². The number of nitrogens with zero attached hydrogens (tertiary/aromatic N) is 2. The van der Waals surface area contributed by atoms with E-state index in [-0.39, 0.29) is 36.5 Å². The number of nitrogens with one attached hydrogen (secondary N) is 1. The van der Waals surface area contributed by atoms with E-state index < -0.39 is 24.5 Å². The number of hydrogen-bond donors (Lipinski definition) is 2. The number of carbonyl (C=O) groups excluding carboxylic acids is 1. The first-order chi connectivity index (χ1) is 17.1. The molecule has 204 valence electrons. The lowest BCUT2D eigenvalue weighted by atomic mass is 10.1. The Morgan fingerprint density at radius 3 is 2.39 bits per heavy atom. The van der Waals surface area contributed by atoms with Crippen LogP contribution in [0.1, 0.15) is 103 Å². The van der Waals surface area contributed by atoms with E-state index in [2.05, 4.69) is 24.1 Å². The van der Waals surface area contributed by atoms with Gasteiger partial charge in [-0.2, -0.15) is 4.98 Å². The topological polar surface area (TPSA) is 107 Å². The smallest absolute Gasteiger partial charge is 0.306 e. The van der Waals surface area contributed by atoms with E-state index in [0.717, 1.165) is 25.7 Å². The lowest BCUT2D eigenvalue weighted by Crippen LogP contribution is -2.39. The van der Waals surface area contributed by atoms with Crippen LogP contribution in [0.3, 0.4) is 0 Å². The number of rotatable bonds is 17. The highest BCUT2D eigenvalue weighted by atomic mass is 35.5. The second-order valence-corrected chi connectivity index (χ2v) is 9.62. The van der Waals surface area contributed by atoms with Crippen molar-refractivity contribution in [1.82, 2.24) is 9.55 Å². The molecule has 4 atom stereocenters. The fourth-order valence-electron chi connectivity index (χ4n) is 4.71. The molecule has 2 aliphatic heterocycles. The number of aliphatic hydroxyl groups excluding tert-OH is 1. The Bertz CT molecular complexity index is 862. The first-order valence-corrected chi connectivity index (χ1v) is 13.5. The number of ether oxygens (including phenoxy) is 3. The normalized spacial score (nSPS) is 22.2. The van der Waals surface area contributed by atoms with E-state index in [9.17, 15) is 9.90 Å².